The van der Waals surface area contributed by atoms with E-state index in [0.29, 0.717) is 48.3 Å². The average molecular weight is 447 g/mol. The van der Waals surface area contributed by atoms with E-state index in [-0.39, 0.29) is 0 Å². The molecular formula is C20H22N4O4S2. The fourth-order valence-electron chi connectivity index (χ4n) is 3.51. The molecule has 0 bridgehead atoms. The highest BCUT2D eigenvalue weighted by Crippen LogP contribution is 2.24. The lowest BCUT2D eigenvalue weighted by molar-refractivity contribution is -0.124. The van der Waals surface area contributed by atoms with Crippen LogP contribution in [0.15, 0.2) is 63.5 Å². The highest BCUT2D eigenvalue weighted by atomic mass is 32.2. The van der Waals surface area contributed by atoms with E-state index in [0.717, 1.165) is 16.5 Å². The van der Waals surface area contributed by atoms with Crippen molar-refractivity contribution in [3.05, 3.63) is 53.6 Å². The molecule has 0 aromatic heterocycles. The summed E-state index contributed by atoms with van der Waals surface area (Å²) in [7, 11) is -3.54. The molecule has 0 radical (unpaired) electrons. The Morgan fingerprint density at radius 2 is 1.83 bits per heavy atom. The number of nitrogens with one attached hydrogen (secondary N) is 1. The summed E-state index contributed by atoms with van der Waals surface area (Å²) >= 11 is 1.32. The molecule has 2 heterocycles. The number of amides is 1. The minimum atomic E-state index is -3.54. The minimum absolute atomic E-state index is 0.322. The van der Waals surface area contributed by atoms with E-state index in [2.05, 4.69) is 9.89 Å². The Hall–Kier alpha value is -2.24. The van der Waals surface area contributed by atoms with Gasteiger partial charge in [-0.15, -0.1) is 11.8 Å². The zero-order valence-electron chi connectivity index (χ0n) is 16.2. The molecule has 2 N–H and O–H groups in total. The summed E-state index contributed by atoms with van der Waals surface area (Å²) < 4.78 is 27.7. The monoisotopic (exact) mass is 446 g/mol. The number of sulfonamides is 1. The molecule has 2 aliphatic heterocycles. The van der Waals surface area contributed by atoms with Gasteiger partial charge in [0.25, 0.3) is 5.91 Å². The maximum Gasteiger partial charge on any atom is 0.282 e. The van der Waals surface area contributed by atoms with Crippen LogP contribution in [0.5, 0.6) is 0 Å². The largest absolute Gasteiger partial charge is 0.295 e. The first-order chi connectivity index (χ1) is 14.5. The van der Waals surface area contributed by atoms with Crippen molar-refractivity contribution in [2.45, 2.75) is 4.90 Å². The Kier molecular flexibility index (Phi) is 6.21. The van der Waals surface area contributed by atoms with Crippen LogP contribution in [0.4, 0.5) is 0 Å². The van der Waals surface area contributed by atoms with Gasteiger partial charge < -0.3 is 0 Å². The molecule has 158 valence electrons. The van der Waals surface area contributed by atoms with Crippen molar-refractivity contribution in [1.82, 2.24) is 14.7 Å². The van der Waals surface area contributed by atoms with Gasteiger partial charge in [-0.2, -0.15) is 4.31 Å². The number of thioether (sulfide) groups is 1. The third-order valence-corrected chi connectivity index (χ3v) is 8.15. The lowest BCUT2D eigenvalue weighted by atomic mass is 10.1. The number of hydrogen-bond donors (Lipinski definition) is 2. The molecular weight excluding hydrogens is 424 g/mol. The van der Waals surface area contributed by atoms with E-state index in [1.165, 1.54) is 22.3 Å². The van der Waals surface area contributed by atoms with Crippen LogP contribution in [0.3, 0.4) is 0 Å². The maximum atomic E-state index is 13.1. The molecule has 4 rings (SSSR count). The van der Waals surface area contributed by atoms with Crippen LogP contribution in [0.1, 0.15) is 0 Å². The van der Waals surface area contributed by atoms with Gasteiger partial charge in [0.15, 0.2) is 0 Å². The Morgan fingerprint density at radius 1 is 1.10 bits per heavy atom. The quantitative estimate of drug-likeness (QED) is 0.535. The van der Waals surface area contributed by atoms with Gasteiger partial charge in [-0.25, -0.2) is 13.9 Å². The van der Waals surface area contributed by atoms with Crippen LogP contribution in [-0.2, 0) is 14.8 Å². The number of fused-ring (bicyclic) bond motifs is 1. The molecule has 1 saturated heterocycles. The van der Waals surface area contributed by atoms with Gasteiger partial charge in [-0.1, -0.05) is 30.3 Å². The van der Waals surface area contributed by atoms with Gasteiger partial charge in [0.2, 0.25) is 10.0 Å². The second-order valence-corrected chi connectivity index (χ2v) is 10.1. The summed E-state index contributed by atoms with van der Waals surface area (Å²) in [6.45, 7) is 2.70. The van der Waals surface area contributed by atoms with Gasteiger partial charge >= 0.3 is 0 Å². The fraction of sp³-hybridized carbons (Fsp3) is 0.300. The second-order valence-electron chi connectivity index (χ2n) is 7.11. The molecule has 2 aromatic carbocycles. The SMILES string of the molecule is O=C(NO)C1=CN=C(CN2CCN(S(=O)(=O)c3ccc4ccccc4c3)CC2)CS1. The van der Waals surface area contributed by atoms with E-state index in [1.54, 1.807) is 17.6 Å². The number of rotatable bonds is 5. The van der Waals surface area contributed by atoms with Crippen molar-refractivity contribution >= 4 is 44.2 Å². The van der Waals surface area contributed by atoms with Crippen molar-refractivity contribution in [2.75, 3.05) is 38.5 Å². The number of carbonyl (C=O) groups is 1. The zero-order valence-corrected chi connectivity index (χ0v) is 17.8. The van der Waals surface area contributed by atoms with Crippen LogP contribution in [-0.4, -0.2) is 72.9 Å². The maximum absolute atomic E-state index is 13.1. The molecule has 30 heavy (non-hydrogen) atoms. The van der Waals surface area contributed by atoms with E-state index in [1.807, 2.05) is 30.3 Å². The molecule has 0 spiro atoms. The van der Waals surface area contributed by atoms with Crippen LogP contribution in [0.25, 0.3) is 10.8 Å². The number of hydrogen-bond acceptors (Lipinski definition) is 7. The van der Waals surface area contributed by atoms with Crippen molar-refractivity contribution < 1.29 is 18.4 Å². The summed E-state index contributed by atoms with van der Waals surface area (Å²) in [5, 5.41) is 10.6. The van der Waals surface area contributed by atoms with Crippen LogP contribution >= 0.6 is 11.8 Å². The number of carbonyl (C=O) groups excluding carboxylic acids is 1. The molecule has 0 unspecified atom stereocenters. The molecule has 1 amide bonds. The van der Waals surface area contributed by atoms with Gasteiger partial charge in [-0.3, -0.25) is 19.9 Å². The molecule has 0 aliphatic carbocycles. The molecule has 10 heteroatoms. The van der Waals surface area contributed by atoms with E-state index in [4.69, 9.17) is 5.21 Å². The second kappa shape index (κ2) is 8.86. The molecule has 1 fully saturated rings. The molecule has 8 nitrogen and oxygen atoms in total. The number of aliphatic imine (C=N–C) groups is 1. The first kappa shape index (κ1) is 21.0. The fourth-order valence-corrected chi connectivity index (χ4v) is 5.76. The van der Waals surface area contributed by atoms with E-state index >= 15 is 0 Å². The first-order valence-electron chi connectivity index (χ1n) is 9.51. The number of benzene rings is 2. The van der Waals surface area contributed by atoms with Gasteiger partial charge in [0, 0.05) is 50.4 Å². The Morgan fingerprint density at radius 3 is 2.50 bits per heavy atom. The summed E-state index contributed by atoms with van der Waals surface area (Å²) in [5.74, 6) is 0.00444. The number of hydroxylamine groups is 1. The predicted octanol–water partition coefficient (Wildman–Crippen LogP) is 1.68. The van der Waals surface area contributed by atoms with Crippen molar-refractivity contribution in [3.63, 3.8) is 0 Å². The average Bonchev–Trinajstić information content (AvgIpc) is 2.79. The lowest BCUT2D eigenvalue weighted by Crippen LogP contribution is -2.50. The minimum Gasteiger partial charge on any atom is -0.295 e. The van der Waals surface area contributed by atoms with Gasteiger partial charge in [0.05, 0.1) is 9.80 Å². The normalized spacial score (nSPS) is 18.7. The smallest absolute Gasteiger partial charge is 0.282 e. The van der Waals surface area contributed by atoms with Crippen molar-refractivity contribution in [2.24, 2.45) is 4.99 Å². The van der Waals surface area contributed by atoms with Gasteiger partial charge in [-0.05, 0) is 22.9 Å². The summed E-state index contributed by atoms with van der Waals surface area (Å²) in [6.07, 6.45) is 1.45. The standard InChI is InChI=1S/C20H22N4O4S2/c25-20(22-26)19-12-21-17(14-29-19)13-23-7-9-24(10-8-23)30(27,28)18-6-5-15-3-1-2-4-16(15)11-18/h1-6,11-12,26H,7-10,13-14H2,(H,22,25). The summed E-state index contributed by atoms with van der Waals surface area (Å²) in [5.41, 5.74) is 2.52. The Labute approximate surface area is 179 Å². The summed E-state index contributed by atoms with van der Waals surface area (Å²) in [6, 6.07) is 13.0. The molecule has 2 aromatic rings. The third kappa shape index (κ3) is 4.42. The Bertz CT molecular complexity index is 1120. The third-order valence-electron chi connectivity index (χ3n) is 5.18. The Balaban J connectivity index is 1.38. The first-order valence-corrected chi connectivity index (χ1v) is 11.9. The van der Waals surface area contributed by atoms with Crippen molar-refractivity contribution in [1.29, 1.82) is 0 Å². The molecule has 0 atom stereocenters. The van der Waals surface area contributed by atoms with Crippen LogP contribution < -0.4 is 5.48 Å². The van der Waals surface area contributed by atoms with Crippen molar-refractivity contribution in [3.8, 4) is 0 Å². The van der Waals surface area contributed by atoms with Gasteiger partial charge in [0.1, 0.15) is 0 Å². The van der Waals surface area contributed by atoms with Crippen LogP contribution in [0, 0.1) is 0 Å². The lowest BCUT2D eigenvalue weighted by Gasteiger charge is -2.34. The predicted molar refractivity (Wildman–Crippen MR) is 117 cm³/mol. The van der Waals surface area contributed by atoms with Crippen LogP contribution in [0.2, 0.25) is 0 Å². The highest BCUT2D eigenvalue weighted by Gasteiger charge is 2.29. The molecule has 2 aliphatic rings. The highest BCUT2D eigenvalue weighted by molar-refractivity contribution is 8.04. The molecule has 0 saturated carbocycles. The van der Waals surface area contributed by atoms with E-state index in [9.17, 15) is 13.2 Å². The topological polar surface area (TPSA) is 102 Å². The number of piperazine rings is 1. The summed E-state index contributed by atoms with van der Waals surface area (Å²) in [4.78, 5) is 18.6. The van der Waals surface area contributed by atoms with E-state index < -0.39 is 15.9 Å². The zero-order chi connectivity index (χ0) is 21.1. The number of nitrogens with zero attached hydrogens (tertiary/aromatic N) is 3.